The van der Waals surface area contributed by atoms with E-state index in [1.807, 2.05) is 18.1 Å². The van der Waals surface area contributed by atoms with Crippen molar-refractivity contribution in [3.05, 3.63) is 23.2 Å². The third-order valence-corrected chi connectivity index (χ3v) is 3.27. The number of aryl methyl sites for hydroxylation is 1. The van der Waals surface area contributed by atoms with E-state index in [1.165, 1.54) is 0 Å². The van der Waals surface area contributed by atoms with Crippen LogP contribution in [0.5, 0.6) is 0 Å². The Labute approximate surface area is 127 Å². The quantitative estimate of drug-likeness (QED) is 0.890. The summed E-state index contributed by atoms with van der Waals surface area (Å²) >= 11 is 5.98. The molecule has 1 saturated heterocycles. The molecule has 0 aliphatic carbocycles. The van der Waals surface area contributed by atoms with Gasteiger partial charge >= 0.3 is 0 Å². The van der Waals surface area contributed by atoms with Gasteiger partial charge < -0.3 is 15.0 Å². The lowest BCUT2D eigenvalue weighted by Gasteiger charge is -2.26. The number of halogens is 1. The van der Waals surface area contributed by atoms with E-state index in [4.69, 9.17) is 16.3 Å². The Kier molecular flexibility index (Phi) is 4.16. The van der Waals surface area contributed by atoms with Crippen LogP contribution in [0.4, 0.5) is 11.9 Å². The molecule has 0 spiro atoms. The Bertz CT molecular complexity index is 611. The first kappa shape index (κ1) is 14.0. The van der Waals surface area contributed by atoms with E-state index >= 15 is 0 Å². The largest absolute Gasteiger partial charge is 0.378 e. The predicted molar refractivity (Wildman–Crippen MR) is 78.4 cm³/mol. The van der Waals surface area contributed by atoms with Crippen molar-refractivity contribution in [3.8, 4) is 0 Å². The highest BCUT2D eigenvalue weighted by Gasteiger charge is 2.16. The fourth-order valence-electron chi connectivity index (χ4n) is 2.07. The van der Waals surface area contributed by atoms with Gasteiger partial charge in [0.15, 0.2) is 0 Å². The van der Waals surface area contributed by atoms with Gasteiger partial charge in [0.1, 0.15) is 0 Å². The number of aromatic nitrogens is 5. The maximum absolute atomic E-state index is 5.98. The first-order chi connectivity index (χ1) is 10.2. The summed E-state index contributed by atoms with van der Waals surface area (Å²) in [5.41, 5.74) is 1.04. The molecular formula is C12H16ClN7O. The third-order valence-electron chi connectivity index (χ3n) is 3.10. The second-order valence-corrected chi connectivity index (χ2v) is 5.04. The zero-order valence-corrected chi connectivity index (χ0v) is 12.4. The normalized spacial score (nSPS) is 15.2. The molecule has 3 rings (SSSR count). The summed E-state index contributed by atoms with van der Waals surface area (Å²) < 4.78 is 7.07. The summed E-state index contributed by atoms with van der Waals surface area (Å²) in [6.45, 7) is 3.42. The molecule has 0 bridgehead atoms. The summed E-state index contributed by atoms with van der Waals surface area (Å²) in [5.74, 6) is 1.03. The van der Waals surface area contributed by atoms with E-state index < -0.39 is 0 Å². The van der Waals surface area contributed by atoms with Crippen LogP contribution in [0.3, 0.4) is 0 Å². The van der Waals surface area contributed by atoms with Crippen molar-refractivity contribution < 1.29 is 4.74 Å². The van der Waals surface area contributed by atoms with Gasteiger partial charge in [0.25, 0.3) is 0 Å². The van der Waals surface area contributed by atoms with Crippen molar-refractivity contribution in [2.45, 2.75) is 6.54 Å². The highest BCUT2D eigenvalue weighted by atomic mass is 35.5. The van der Waals surface area contributed by atoms with Crippen LogP contribution in [0.1, 0.15) is 5.56 Å². The summed E-state index contributed by atoms with van der Waals surface area (Å²) in [6.07, 6.45) is 3.72. The number of ether oxygens (including phenoxy) is 1. The minimum Gasteiger partial charge on any atom is -0.378 e. The number of hydrogen-bond donors (Lipinski definition) is 1. The van der Waals surface area contributed by atoms with Crippen LogP contribution in [0.2, 0.25) is 5.28 Å². The number of morpholine rings is 1. The standard InChI is InChI=1S/C12H16ClN7O/c1-19-8-9(7-15-19)6-14-11-16-10(13)17-12(18-11)20-2-4-21-5-3-20/h7-8H,2-6H2,1H3,(H,14,16,17,18). The van der Waals surface area contributed by atoms with E-state index in [0.717, 1.165) is 18.7 Å². The molecule has 0 radical (unpaired) electrons. The molecule has 21 heavy (non-hydrogen) atoms. The number of rotatable bonds is 4. The minimum atomic E-state index is 0.181. The molecular weight excluding hydrogens is 294 g/mol. The molecule has 0 atom stereocenters. The lowest BCUT2D eigenvalue weighted by Crippen LogP contribution is -2.37. The summed E-state index contributed by atoms with van der Waals surface area (Å²) in [5, 5.41) is 7.43. The SMILES string of the molecule is Cn1cc(CNc2nc(Cl)nc(N3CCOCC3)n2)cn1. The van der Waals surface area contributed by atoms with Gasteiger partial charge in [0.2, 0.25) is 17.2 Å². The van der Waals surface area contributed by atoms with Crippen molar-refractivity contribution in [1.29, 1.82) is 0 Å². The average Bonchev–Trinajstić information content (AvgIpc) is 2.91. The molecule has 0 amide bonds. The van der Waals surface area contributed by atoms with Gasteiger partial charge in [0.05, 0.1) is 19.4 Å². The van der Waals surface area contributed by atoms with Crippen LogP contribution in [0, 0.1) is 0 Å². The zero-order valence-electron chi connectivity index (χ0n) is 11.7. The highest BCUT2D eigenvalue weighted by Crippen LogP contribution is 2.15. The lowest BCUT2D eigenvalue weighted by molar-refractivity contribution is 0.122. The second kappa shape index (κ2) is 6.23. The molecule has 1 fully saturated rings. The first-order valence-electron chi connectivity index (χ1n) is 6.66. The average molecular weight is 310 g/mol. The van der Waals surface area contributed by atoms with Crippen LogP contribution in [0.15, 0.2) is 12.4 Å². The van der Waals surface area contributed by atoms with E-state index in [2.05, 4.69) is 25.4 Å². The minimum absolute atomic E-state index is 0.181. The summed E-state index contributed by atoms with van der Waals surface area (Å²) in [6, 6.07) is 0. The molecule has 0 aromatic carbocycles. The van der Waals surface area contributed by atoms with Crippen LogP contribution >= 0.6 is 11.6 Å². The Morgan fingerprint density at radius 2 is 2.10 bits per heavy atom. The molecule has 1 N–H and O–H groups in total. The topological polar surface area (TPSA) is 81.0 Å². The smallest absolute Gasteiger partial charge is 0.231 e. The van der Waals surface area contributed by atoms with Gasteiger partial charge in [-0.3, -0.25) is 4.68 Å². The maximum atomic E-state index is 5.98. The van der Waals surface area contributed by atoms with Crippen molar-refractivity contribution in [1.82, 2.24) is 24.7 Å². The molecule has 2 aromatic heterocycles. The van der Waals surface area contributed by atoms with Gasteiger partial charge in [-0.1, -0.05) is 0 Å². The first-order valence-corrected chi connectivity index (χ1v) is 7.04. The van der Waals surface area contributed by atoms with Gasteiger partial charge in [-0.2, -0.15) is 20.1 Å². The second-order valence-electron chi connectivity index (χ2n) is 4.70. The summed E-state index contributed by atoms with van der Waals surface area (Å²) in [4.78, 5) is 14.7. The number of nitrogens with zero attached hydrogens (tertiary/aromatic N) is 6. The molecule has 2 aromatic rings. The predicted octanol–water partition coefficient (Wildman–Crippen LogP) is 0.707. The molecule has 9 heteroatoms. The molecule has 112 valence electrons. The monoisotopic (exact) mass is 309 g/mol. The van der Waals surface area contributed by atoms with Crippen molar-refractivity contribution in [2.75, 3.05) is 36.5 Å². The lowest BCUT2D eigenvalue weighted by atomic mass is 10.4. The Morgan fingerprint density at radius 3 is 2.81 bits per heavy atom. The van der Waals surface area contributed by atoms with E-state index in [0.29, 0.717) is 31.7 Å². The molecule has 3 heterocycles. The van der Waals surface area contributed by atoms with E-state index in [1.54, 1.807) is 10.9 Å². The van der Waals surface area contributed by atoms with Gasteiger partial charge in [-0.25, -0.2) is 0 Å². The van der Waals surface area contributed by atoms with E-state index in [-0.39, 0.29) is 5.28 Å². The van der Waals surface area contributed by atoms with Crippen molar-refractivity contribution in [3.63, 3.8) is 0 Å². The fraction of sp³-hybridized carbons (Fsp3) is 0.500. The third kappa shape index (κ3) is 3.59. The molecule has 0 unspecified atom stereocenters. The Morgan fingerprint density at radius 1 is 1.29 bits per heavy atom. The fourth-order valence-corrected chi connectivity index (χ4v) is 2.22. The molecule has 8 nitrogen and oxygen atoms in total. The van der Waals surface area contributed by atoms with Crippen LogP contribution in [-0.4, -0.2) is 51.0 Å². The molecule has 0 saturated carbocycles. The molecule has 1 aliphatic rings. The highest BCUT2D eigenvalue weighted by molar-refractivity contribution is 6.28. The summed E-state index contributed by atoms with van der Waals surface area (Å²) in [7, 11) is 1.87. The number of hydrogen-bond acceptors (Lipinski definition) is 7. The van der Waals surface area contributed by atoms with Gasteiger partial charge in [0, 0.05) is 38.4 Å². The van der Waals surface area contributed by atoms with Gasteiger partial charge in [-0.05, 0) is 11.6 Å². The van der Waals surface area contributed by atoms with Crippen molar-refractivity contribution in [2.24, 2.45) is 7.05 Å². The number of anilines is 2. The Hall–Kier alpha value is -1.93. The van der Waals surface area contributed by atoms with Crippen LogP contribution in [-0.2, 0) is 18.3 Å². The maximum Gasteiger partial charge on any atom is 0.231 e. The number of nitrogens with one attached hydrogen (secondary N) is 1. The molecule has 1 aliphatic heterocycles. The van der Waals surface area contributed by atoms with Crippen LogP contribution < -0.4 is 10.2 Å². The van der Waals surface area contributed by atoms with E-state index in [9.17, 15) is 0 Å². The van der Waals surface area contributed by atoms with Gasteiger partial charge in [-0.15, -0.1) is 0 Å². The Balaban J connectivity index is 1.71. The van der Waals surface area contributed by atoms with Crippen LogP contribution in [0.25, 0.3) is 0 Å². The van der Waals surface area contributed by atoms with Crippen molar-refractivity contribution >= 4 is 23.5 Å². The zero-order chi connectivity index (χ0) is 14.7.